The summed E-state index contributed by atoms with van der Waals surface area (Å²) in [5, 5.41) is 14.4. The zero-order chi connectivity index (χ0) is 11.2. The van der Waals surface area contributed by atoms with Crippen molar-refractivity contribution < 1.29 is 0 Å². The van der Waals surface area contributed by atoms with E-state index in [-0.39, 0.29) is 0 Å². The number of benzene rings is 1. The summed E-state index contributed by atoms with van der Waals surface area (Å²) in [6.07, 6.45) is 2.27. The Bertz CT molecular complexity index is 481. The molecule has 0 aliphatic heterocycles. The average Bonchev–Trinajstić information content (AvgIpc) is 2.84. The lowest BCUT2D eigenvalue weighted by Crippen LogP contribution is -1.96. The van der Waals surface area contributed by atoms with E-state index in [0.29, 0.717) is 6.54 Å². The number of tetrazole rings is 1. The maximum absolute atomic E-state index is 8.15. The molecule has 0 unspecified atom stereocenters. The molecular weight excluding hydrogens is 206 g/mol. The van der Waals surface area contributed by atoms with Crippen LogP contribution in [0.2, 0.25) is 0 Å². The molecular formula is C9H9N7. The van der Waals surface area contributed by atoms with Crippen molar-refractivity contribution in [2.75, 3.05) is 6.54 Å². The smallest absolute Gasteiger partial charge is 0.143 e. The highest BCUT2D eigenvalue weighted by Gasteiger charge is 1.97. The average molecular weight is 215 g/mol. The van der Waals surface area contributed by atoms with E-state index in [2.05, 4.69) is 25.6 Å². The van der Waals surface area contributed by atoms with Crippen molar-refractivity contribution in [3.05, 3.63) is 46.6 Å². The van der Waals surface area contributed by atoms with Gasteiger partial charge in [-0.1, -0.05) is 17.2 Å². The van der Waals surface area contributed by atoms with Gasteiger partial charge in [0.2, 0.25) is 0 Å². The van der Waals surface area contributed by atoms with Crippen LogP contribution in [0, 0.1) is 0 Å². The van der Waals surface area contributed by atoms with Crippen molar-refractivity contribution in [3.8, 4) is 5.69 Å². The molecule has 1 aromatic heterocycles. The number of nitrogens with zero attached hydrogens (tertiary/aromatic N) is 7. The van der Waals surface area contributed by atoms with Crippen LogP contribution >= 0.6 is 0 Å². The Balaban J connectivity index is 2.07. The predicted molar refractivity (Wildman–Crippen MR) is 56.9 cm³/mol. The van der Waals surface area contributed by atoms with Crippen molar-refractivity contribution in [1.29, 1.82) is 0 Å². The first-order chi connectivity index (χ1) is 7.90. The largest absolute Gasteiger partial charge is 0.201 e. The maximum atomic E-state index is 8.15. The summed E-state index contributed by atoms with van der Waals surface area (Å²) >= 11 is 0. The van der Waals surface area contributed by atoms with E-state index in [4.69, 9.17) is 5.53 Å². The molecule has 0 saturated heterocycles. The molecule has 0 atom stereocenters. The first kappa shape index (κ1) is 10.1. The Kier molecular flexibility index (Phi) is 3.10. The van der Waals surface area contributed by atoms with Gasteiger partial charge in [-0.15, -0.1) is 5.10 Å². The van der Waals surface area contributed by atoms with Gasteiger partial charge in [-0.05, 0) is 40.1 Å². The maximum Gasteiger partial charge on any atom is 0.143 e. The van der Waals surface area contributed by atoms with Gasteiger partial charge in [-0.3, -0.25) is 0 Å². The first-order valence-electron chi connectivity index (χ1n) is 4.73. The van der Waals surface area contributed by atoms with Crippen LogP contribution in [0.15, 0.2) is 35.7 Å². The third-order valence-electron chi connectivity index (χ3n) is 2.11. The van der Waals surface area contributed by atoms with E-state index in [1.807, 2.05) is 24.3 Å². The second-order valence-corrected chi connectivity index (χ2v) is 3.13. The van der Waals surface area contributed by atoms with Crippen LogP contribution in [0.4, 0.5) is 0 Å². The third kappa shape index (κ3) is 2.34. The standard InChI is InChI=1S/C9H9N7/c10-13-11-6-5-8-1-3-9(4-2-8)16-7-12-14-15-16/h1-4,7H,5-6H2. The van der Waals surface area contributed by atoms with Crippen molar-refractivity contribution in [2.24, 2.45) is 5.11 Å². The number of hydrogen-bond acceptors (Lipinski definition) is 4. The van der Waals surface area contributed by atoms with Gasteiger partial charge in [0.1, 0.15) is 6.33 Å². The minimum Gasteiger partial charge on any atom is -0.201 e. The summed E-state index contributed by atoms with van der Waals surface area (Å²) in [6, 6.07) is 7.76. The molecule has 7 heteroatoms. The minimum atomic E-state index is 0.473. The van der Waals surface area contributed by atoms with E-state index >= 15 is 0 Å². The topological polar surface area (TPSA) is 92.4 Å². The first-order valence-corrected chi connectivity index (χ1v) is 4.73. The zero-order valence-electron chi connectivity index (χ0n) is 8.43. The van der Waals surface area contributed by atoms with Crippen molar-refractivity contribution in [1.82, 2.24) is 20.2 Å². The summed E-state index contributed by atoms with van der Waals surface area (Å²) in [4.78, 5) is 2.70. The van der Waals surface area contributed by atoms with Gasteiger partial charge in [0, 0.05) is 11.5 Å². The summed E-state index contributed by atoms with van der Waals surface area (Å²) in [5.41, 5.74) is 10.2. The Morgan fingerprint density at radius 2 is 2.12 bits per heavy atom. The predicted octanol–water partition coefficient (Wildman–Crippen LogP) is 1.52. The van der Waals surface area contributed by atoms with Crippen LogP contribution < -0.4 is 0 Å². The van der Waals surface area contributed by atoms with Crippen LogP contribution in [0.25, 0.3) is 16.1 Å². The summed E-state index contributed by atoms with van der Waals surface area (Å²) in [7, 11) is 0. The molecule has 0 aliphatic carbocycles. The second-order valence-electron chi connectivity index (χ2n) is 3.13. The lowest BCUT2D eigenvalue weighted by Gasteiger charge is -2.01. The molecule has 0 saturated carbocycles. The molecule has 0 fully saturated rings. The molecule has 80 valence electrons. The van der Waals surface area contributed by atoms with Gasteiger partial charge in [-0.25, -0.2) is 4.68 Å². The number of azide groups is 1. The van der Waals surface area contributed by atoms with Gasteiger partial charge in [0.05, 0.1) is 5.69 Å². The van der Waals surface area contributed by atoms with E-state index in [1.54, 1.807) is 4.68 Å². The highest BCUT2D eigenvalue weighted by atomic mass is 15.5. The Labute approximate surface area is 91.3 Å². The summed E-state index contributed by atoms with van der Waals surface area (Å²) < 4.78 is 1.58. The Hall–Kier alpha value is -2.40. The highest BCUT2D eigenvalue weighted by Crippen LogP contribution is 2.08. The highest BCUT2D eigenvalue weighted by molar-refractivity contribution is 5.33. The molecule has 7 nitrogen and oxygen atoms in total. The fourth-order valence-corrected chi connectivity index (χ4v) is 1.32. The van der Waals surface area contributed by atoms with Crippen LogP contribution in [0.5, 0.6) is 0 Å². The molecule has 0 aliphatic rings. The normalized spacial score (nSPS) is 9.75. The SMILES string of the molecule is [N-]=[N+]=NCCc1ccc(-n2cnnn2)cc1. The molecule has 0 spiro atoms. The lowest BCUT2D eigenvalue weighted by molar-refractivity contribution is 0.788. The van der Waals surface area contributed by atoms with Crippen molar-refractivity contribution in [2.45, 2.75) is 6.42 Å². The van der Waals surface area contributed by atoms with Gasteiger partial charge < -0.3 is 0 Å². The monoisotopic (exact) mass is 215 g/mol. The zero-order valence-corrected chi connectivity index (χ0v) is 8.43. The van der Waals surface area contributed by atoms with Crippen molar-refractivity contribution >= 4 is 0 Å². The molecule has 2 rings (SSSR count). The second kappa shape index (κ2) is 4.90. The number of aromatic nitrogens is 4. The van der Waals surface area contributed by atoms with Crippen LogP contribution in [-0.4, -0.2) is 26.8 Å². The van der Waals surface area contributed by atoms with E-state index in [0.717, 1.165) is 17.7 Å². The molecule has 2 aromatic rings. The molecule has 0 N–H and O–H groups in total. The fraction of sp³-hybridized carbons (Fsp3) is 0.222. The van der Waals surface area contributed by atoms with E-state index in [9.17, 15) is 0 Å². The van der Waals surface area contributed by atoms with Gasteiger partial charge in [-0.2, -0.15) is 0 Å². The van der Waals surface area contributed by atoms with Crippen molar-refractivity contribution in [3.63, 3.8) is 0 Å². The number of rotatable bonds is 4. The number of hydrogen-bond donors (Lipinski definition) is 0. The van der Waals surface area contributed by atoms with Gasteiger partial charge >= 0.3 is 0 Å². The molecule has 1 heterocycles. The van der Waals surface area contributed by atoms with Crippen LogP contribution in [0.1, 0.15) is 5.56 Å². The summed E-state index contributed by atoms with van der Waals surface area (Å²) in [6.45, 7) is 0.473. The molecule has 1 aromatic carbocycles. The Morgan fingerprint density at radius 1 is 1.31 bits per heavy atom. The van der Waals surface area contributed by atoms with Crippen LogP contribution in [-0.2, 0) is 6.42 Å². The van der Waals surface area contributed by atoms with Gasteiger partial charge in [0.15, 0.2) is 0 Å². The lowest BCUT2D eigenvalue weighted by atomic mass is 10.1. The molecule has 0 radical (unpaired) electrons. The van der Waals surface area contributed by atoms with Gasteiger partial charge in [0.25, 0.3) is 0 Å². The fourth-order valence-electron chi connectivity index (χ4n) is 1.32. The summed E-state index contributed by atoms with van der Waals surface area (Å²) in [5.74, 6) is 0. The minimum absolute atomic E-state index is 0.473. The molecule has 0 amide bonds. The molecule has 16 heavy (non-hydrogen) atoms. The third-order valence-corrected chi connectivity index (χ3v) is 2.11. The van der Waals surface area contributed by atoms with E-state index in [1.165, 1.54) is 6.33 Å². The van der Waals surface area contributed by atoms with E-state index < -0.39 is 0 Å². The Morgan fingerprint density at radius 3 is 2.75 bits per heavy atom. The quantitative estimate of drug-likeness (QED) is 0.439. The van der Waals surface area contributed by atoms with Crippen LogP contribution in [0.3, 0.4) is 0 Å². The molecule has 0 bridgehead atoms.